The van der Waals surface area contributed by atoms with Crippen LogP contribution in [0.2, 0.25) is 0 Å². The Balaban J connectivity index is 1.97. The fourth-order valence-corrected chi connectivity index (χ4v) is 4.41. The first-order valence-electron chi connectivity index (χ1n) is 8.14. The summed E-state index contributed by atoms with van der Waals surface area (Å²) in [4.78, 5) is 35.4. The molecule has 1 unspecified atom stereocenters. The minimum Gasteiger partial charge on any atom is -0.450 e. The zero-order chi connectivity index (χ0) is 19.3. The van der Waals surface area contributed by atoms with E-state index in [0.29, 0.717) is 19.4 Å². The Kier molecular flexibility index (Phi) is 6.35. The Labute approximate surface area is 150 Å². The van der Waals surface area contributed by atoms with Gasteiger partial charge in [0.15, 0.2) is 16.4 Å². The maximum atomic E-state index is 12.4. The second-order valence-corrected chi connectivity index (χ2v) is 8.20. The molecule has 1 saturated heterocycles. The van der Waals surface area contributed by atoms with Gasteiger partial charge in [0, 0.05) is 12.6 Å². The van der Waals surface area contributed by atoms with Crippen LogP contribution in [0.1, 0.15) is 36.7 Å². The second-order valence-electron chi connectivity index (χ2n) is 5.97. The molecule has 144 valence electrons. The molecule has 0 bridgehead atoms. The SMILES string of the molecule is CCCCN(C(=O)COC(=O)c1ccc([N+](=O)[O-])o1)C1CCS(=O)(=O)C1. The van der Waals surface area contributed by atoms with Crippen LogP contribution >= 0.6 is 0 Å². The number of nitrogens with zero attached hydrogens (tertiary/aromatic N) is 2. The molecule has 0 N–H and O–H groups in total. The number of sulfone groups is 1. The molecule has 10 nitrogen and oxygen atoms in total. The van der Waals surface area contributed by atoms with E-state index in [1.165, 1.54) is 4.90 Å². The number of carbonyl (C=O) groups is 2. The summed E-state index contributed by atoms with van der Waals surface area (Å²) in [6.45, 7) is 1.73. The van der Waals surface area contributed by atoms with Gasteiger partial charge < -0.3 is 14.1 Å². The molecule has 1 amide bonds. The lowest BCUT2D eigenvalue weighted by Gasteiger charge is -2.28. The van der Waals surface area contributed by atoms with Crippen LogP contribution in [0.5, 0.6) is 0 Å². The van der Waals surface area contributed by atoms with Gasteiger partial charge in [-0.25, -0.2) is 13.2 Å². The van der Waals surface area contributed by atoms with E-state index in [0.717, 1.165) is 18.6 Å². The Bertz CT molecular complexity index is 785. The topological polar surface area (TPSA) is 137 Å². The molecule has 0 aromatic carbocycles. The van der Waals surface area contributed by atoms with Crippen LogP contribution in [-0.2, 0) is 19.4 Å². The van der Waals surface area contributed by atoms with E-state index >= 15 is 0 Å². The van der Waals surface area contributed by atoms with Crippen LogP contribution < -0.4 is 0 Å². The lowest BCUT2D eigenvalue weighted by Crippen LogP contribution is -2.43. The van der Waals surface area contributed by atoms with Gasteiger partial charge in [-0.15, -0.1) is 0 Å². The van der Waals surface area contributed by atoms with Gasteiger partial charge in [0.25, 0.3) is 5.91 Å². The number of ether oxygens (including phenoxy) is 1. The van der Waals surface area contributed by atoms with Crippen molar-refractivity contribution in [2.24, 2.45) is 0 Å². The summed E-state index contributed by atoms with van der Waals surface area (Å²) in [6.07, 6.45) is 1.87. The molecule has 1 fully saturated rings. The van der Waals surface area contributed by atoms with E-state index in [1.54, 1.807) is 0 Å². The minimum atomic E-state index is -3.16. The summed E-state index contributed by atoms with van der Waals surface area (Å²) in [5.74, 6) is -2.56. The van der Waals surface area contributed by atoms with Gasteiger partial charge in [-0.3, -0.25) is 14.9 Å². The van der Waals surface area contributed by atoms with E-state index in [-0.39, 0.29) is 17.3 Å². The maximum absolute atomic E-state index is 12.4. The quantitative estimate of drug-likeness (QED) is 0.367. The predicted octanol–water partition coefficient (Wildman–Crippen LogP) is 1.16. The second kappa shape index (κ2) is 8.30. The molecule has 1 aromatic heterocycles. The Morgan fingerprint density at radius 2 is 2.15 bits per heavy atom. The number of hydrogen-bond donors (Lipinski definition) is 0. The number of furan rings is 1. The Morgan fingerprint density at radius 1 is 1.42 bits per heavy atom. The summed E-state index contributed by atoms with van der Waals surface area (Å²) in [5.41, 5.74) is 0. The molecule has 0 saturated carbocycles. The van der Waals surface area contributed by atoms with Gasteiger partial charge in [0.1, 0.15) is 4.92 Å². The number of amides is 1. The molecule has 1 aliphatic rings. The van der Waals surface area contributed by atoms with Crippen molar-refractivity contribution < 1.29 is 32.1 Å². The number of nitro groups is 1. The summed E-state index contributed by atoms with van der Waals surface area (Å²) in [7, 11) is -3.16. The predicted molar refractivity (Wildman–Crippen MR) is 89.3 cm³/mol. The molecule has 11 heteroatoms. The van der Waals surface area contributed by atoms with Crippen molar-refractivity contribution in [3.63, 3.8) is 0 Å². The van der Waals surface area contributed by atoms with Crippen molar-refractivity contribution in [2.45, 2.75) is 32.2 Å². The van der Waals surface area contributed by atoms with Gasteiger partial charge in [-0.05, 0) is 18.9 Å². The minimum absolute atomic E-state index is 0.0312. The Morgan fingerprint density at radius 3 is 2.69 bits per heavy atom. The number of carbonyl (C=O) groups excluding carboxylic acids is 2. The third-order valence-corrected chi connectivity index (χ3v) is 5.77. The third-order valence-electron chi connectivity index (χ3n) is 4.02. The molecular formula is C15H20N2O8S. The first kappa shape index (κ1) is 19.9. The van der Waals surface area contributed by atoms with Gasteiger partial charge in [0.05, 0.1) is 17.6 Å². The van der Waals surface area contributed by atoms with Crippen molar-refractivity contribution in [3.8, 4) is 0 Å². The summed E-state index contributed by atoms with van der Waals surface area (Å²) < 4.78 is 32.9. The zero-order valence-electron chi connectivity index (χ0n) is 14.3. The van der Waals surface area contributed by atoms with Crippen LogP contribution in [0.15, 0.2) is 16.5 Å². The molecule has 1 atom stereocenters. The zero-order valence-corrected chi connectivity index (χ0v) is 15.1. The molecule has 1 aromatic rings. The molecule has 2 rings (SSSR count). The van der Waals surface area contributed by atoms with Crippen molar-refractivity contribution in [1.29, 1.82) is 0 Å². The summed E-state index contributed by atoms with van der Waals surface area (Å²) in [6, 6.07) is 1.67. The fourth-order valence-electron chi connectivity index (χ4n) is 2.68. The smallest absolute Gasteiger partial charge is 0.433 e. The van der Waals surface area contributed by atoms with Crippen molar-refractivity contribution in [3.05, 3.63) is 28.0 Å². The number of rotatable bonds is 8. The summed E-state index contributed by atoms with van der Waals surface area (Å²) >= 11 is 0. The Hall–Kier alpha value is -2.43. The molecule has 26 heavy (non-hydrogen) atoms. The molecule has 2 heterocycles. The molecule has 0 aliphatic carbocycles. The number of unbranched alkanes of at least 4 members (excludes halogenated alkanes) is 1. The van der Waals surface area contributed by atoms with Crippen LogP contribution in [0.4, 0.5) is 5.88 Å². The van der Waals surface area contributed by atoms with Crippen molar-refractivity contribution >= 4 is 27.6 Å². The average Bonchev–Trinajstić information content (AvgIpc) is 3.20. The highest BCUT2D eigenvalue weighted by Crippen LogP contribution is 2.19. The maximum Gasteiger partial charge on any atom is 0.433 e. The van der Waals surface area contributed by atoms with Crippen molar-refractivity contribution in [2.75, 3.05) is 24.7 Å². The van der Waals surface area contributed by atoms with Gasteiger partial charge >= 0.3 is 11.9 Å². The normalized spacial score (nSPS) is 18.4. The molecule has 1 aliphatic heterocycles. The molecular weight excluding hydrogens is 368 g/mol. The summed E-state index contributed by atoms with van der Waals surface area (Å²) in [5, 5.41) is 10.5. The van der Waals surface area contributed by atoms with Crippen LogP contribution in [-0.4, -0.2) is 60.8 Å². The fraction of sp³-hybridized carbons (Fsp3) is 0.600. The van der Waals surface area contributed by atoms with Gasteiger partial charge in [0.2, 0.25) is 5.76 Å². The van der Waals surface area contributed by atoms with E-state index < -0.39 is 45.2 Å². The van der Waals surface area contributed by atoms with Gasteiger partial charge in [-0.1, -0.05) is 13.3 Å². The third kappa shape index (κ3) is 5.04. The number of hydrogen-bond acceptors (Lipinski definition) is 8. The van der Waals surface area contributed by atoms with Gasteiger partial charge in [-0.2, -0.15) is 0 Å². The van der Waals surface area contributed by atoms with Crippen LogP contribution in [0.25, 0.3) is 0 Å². The first-order chi connectivity index (χ1) is 12.2. The monoisotopic (exact) mass is 388 g/mol. The lowest BCUT2D eigenvalue weighted by molar-refractivity contribution is -0.402. The molecule has 0 spiro atoms. The standard InChI is InChI=1S/C15H20N2O8S/c1-2-3-7-16(11-6-8-26(22,23)10-11)13(18)9-24-15(19)12-4-5-14(25-12)17(20)21/h4-5,11H,2-3,6-10H2,1H3. The van der Waals surface area contributed by atoms with E-state index in [2.05, 4.69) is 0 Å². The highest BCUT2D eigenvalue weighted by atomic mass is 32.2. The van der Waals surface area contributed by atoms with Crippen molar-refractivity contribution in [1.82, 2.24) is 4.90 Å². The van der Waals surface area contributed by atoms with E-state index in [4.69, 9.17) is 9.15 Å². The lowest BCUT2D eigenvalue weighted by atomic mass is 10.2. The highest BCUT2D eigenvalue weighted by molar-refractivity contribution is 7.91. The van der Waals surface area contributed by atoms with E-state index in [9.17, 15) is 28.1 Å². The molecule has 0 radical (unpaired) electrons. The van der Waals surface area contributed by atoms with E-state index in [1.807, 2.05) is 6.92 Å². The average molecular weight is 388 g/mol. The first-order valence-corrected chi connectivity index (χ1v) is 9.97. The van der Waals surface area contributed by atoms with Crippen LogP contribution in [0, 0.1) is 10.1 Å². The number of esters is 1. The largest absolute Gasteiger partial charge is 0.450 e. The highest BCUT2D eigenvalue weighted by Gasteiger charge is 2.34. The van der Waals surface area contributed by atoms with Crippen LogP contribution in [0.3, 0.4) is 0 Å².